The molecule has 1 fully saturated rings. The lowest BCUT2D eigenvalue weighted by Crippen LogP contribution is -2.41. The molecule has 0 unspecified atom stereocenters. The Labute approximate surface area is 234 Å². The second-order valence-electron chi connectivity index (χ2n) is 10.5. The van der Waals surface area contributed by atoms with Gasteiger partial charge in [-0.25, -0.2) is 4.79 Å². The van der Waals surface area contributed by atoms with Crippen LogP contribution in [0.1, 0.15) is 71.0 Å². The van der Waals surface area contributed by atoms with Crippen LogP contribution in [0.5, 0.6) is 0 Å². The molecule has 1 saturated carbocycles. The van der Waals surface area contributed by atoms with Crippen molar-refractivity contribution in [3.05, 3.63) is 74.6 Å². The van der Waals surface area contributed by atoms with Gasteiger partial charge in [0.2, 0.25) is 0 Å². The summed E-state index contributed by atoms with van der Waals surface area (Å²) in [5.41, 5.74) is 11.7. The molecule has 0 aliphatic heterocycles. The van der Waals surface area contributed by atoms with E-state index >= 15 is 0 Å². The molecule has 2 aromatic heterocycles. The van der Waals surface area contributed by atoms with Gasteiger partial charge in [-0.2, -0.15) is 0 Å². The Balaban J connectivity index is 1.68. The summed E-state index contributed by atoms with van der Waals surface area (Å²) in [4.78, 5) is 51.4. The number of pyridine rings is 1. The minimum atomic E-state index is -0.739. The Morgan fingerprint density at radius 1 is 1.07 bits per heavy atom. The maximum Gasteiger partial charge on any atom is 0.404 e. The van der Waals surface area contributed by atoms with Gasteiger partial charge in [-0.15, -0.1) is 0 Å². The average Bonchev–Trinajstić information content (AvgIpc) is 2.90. The molecule has 2 amide bonds. The molecule has 10 heteroatoms. The van der Waals surface area contributed by atoms with Gasteiger partial charge < -0.3 is 25.7 Å². The number of anilines is 1. The second kappa shape index (κ2) is 12.3. The first kappa shape index (κ1) is 28.8. The molecule has 1 aromatic carbocycles. The number of aromatic amines is 1. The topological polar surface area (TPSA) is 143 Å². The van der Waals surface area contributed by atoms with Crippen LogP contribution < -0.4 is 21.5 Å². The van der Waals surface area contributed by atoms with Crippen molar-refractivity contribution in [2.75, 3.05) is 11.4 Å². The number of rotatable bonds is 8. The number of hydrogen-bond donors (Lipinski definition) is 3. The van der Waals surface area contributed by atoms with Gasteiger partial charge in [0, 0.05) is 53.4 Å². The van der Waals surface area contributed by atoms with E-state index in [1.165, 1.54) is 0 Å². The lowest BCUT2D eigenvalue weighted by Gasteiger charge is -2.38. The maximum absolute atomic E-state index is 13.6. The molecule has 0 bridgehead atoms. The predicted octanol–water partition coefficient (Wildman–Crippen LogP) is 4.23. The molecule has 4 rings (SSSR count). The van der Waals surface area contributed by atoms with Gasteiger partial charge in [-0.3, -0.25) is 19.6 Å². The molecule has 40 heavy (non-hydrogen) atoms. The van der Waals surface area contributed by atoms with E-state index in [1.54, 1.807) is 12.4 Å². The molecule has 0 atom stereocenters. The average molecular weight is 547 g/mol. The van der Waals surface area contributed by atoms with Gasteiger partial charge in [0.25, 0.3) is 11.5 Å². The quantitative estimate of drug-likeness (QED) is 0.384. The third-order valence-corrected chi connectivity index (χ3v) is 7.64. The fraction of sp³-hybridized carbons (Fsp3) is 0.433. The highest BCUT2D eigenvalue weighted by atomic mass is 16.6. The summed E-state index contributed by atoms with van der Waals surface area (Å²) in [5.74, 6) is -0.269. The van der Waals surface area contributed by atoms with Gasteiger partial charge in [-0.05, 0) is 89.6 Å². The normalized spacial score (nSPS) is 16.8. The standard InChI is InChI=1S/C30H38N6O4/c1-6-36(22-7-9-23(10-8-22)40-30(31)39)27-13-21(26-16-32-19(4)14-33-26)12-24(20(27)5)28(37)34-15-25-17(2)11-18(3)35-29(25)38/h11-14,16,22-23H,6-10,15H2,1-5H3,(H2,31,39)(H,34,37)(H,35,38). The Morgan fingerprint density at radius 3 is 2.40 bits per heavy atom. The van der Waals surface area contributed by atoms with Crippen LogP contribution in [0.25, 0.3) is 11.3 Å². The van der Waals surface area contributed by atoms with Crippen LogP contribution in [0.2, 0.25) is 0 Å². The molecule has 4 N–H and O–H groups in total. The van der Waals surface area contributed by atoms with E-state index in [-0.39, 0.29) is 30.2 Å². The van der Waals surface area contributed by atoms with Gasteiger partial charge >= 0.3 is 6.09 Å². The van der Waals surface area contributed by atoms with E-state index in [1.807, 2.05) is 39.8 Å². The van der Waals surface area contributed by atoms with Crippen molar-refractivity contribution >= 4 is 17.7 Å². The maximum atomic E-state index is 13.6. The van der Waals surface area contributed by atoms with Gasteiger partial charge in [0.15, 0.2) is 0 Å². The predicted molar refractivity (Wildman–Crippen MR) is 154 cm³/mol. The molecule has 0 saturated heterocycles. The van der Waals surface area contributed by atoms with E-state index in [9.17, 15) is 14.4 Å². The molecule has 0 spiro atoms. The summed E-state index contributed by atoms with van der Waals surface area (Å²) in [6.07, 6.45) is 5.62. The van der Waals surface area contributed by atoms with Crippen LogP contribution in [0.3, 0.4) is 0 Å². The highest BCUT2D eigenvalue weighted by Crippen LogP contribution is 2.35. The number of hydrogen-bond acceptors (Lipinski definition) is 7. The molecular formula is C30H38N6O4. The number of nitrogens with zero attached hydrogens (tertiary/aromatic N) is 3. The minimum absolute atomic E-state index is 0.116. The van der Waals surface area contributed by atoms with Crippen LogP contribution in [0.15, 0.2) is 35.4 Å². The van der Waals surface area contributed by atoms with Crippen LogP contribution in [-0.4, -0.2) is 45.6 Å². The van der Waals surface area contributed by atoms with Gasteiger partial charge in [0.1, 0.15) is 6.10 Å². The van der Waals surface area contributed by atoms with Crippen molar-refractivity contribution in [2.45, 2.75) is 79.0 Å². The fourth-order valence-electron chi connectivity index (χ4n) is 5.55. The first-order chi connectivity index (χ1) is 19.1. The summed E-state index contributed by atoms with van der Waals surface area (Å²) in [5, 5.41) is 2.96. The first-order valence-electron chi connectivity index (χ1n) is 13.7. The lowest BCUT2D eigenvalue weighted by molar-refractivity contribution is 0.0784. The number of benzene rings is 1. The van der Waals surface area contributed by atoms with E-state index in [0.717, 1.165) is 66.0 Å². The number of nitrogens with one attached hydrogen (secondary N) is 2. The minimum Gasteiger partial charge on any atom is -0.446 e. The number of ether oxygens (including phenoxy) is 1. The van der Waals surface area contributed by atoms with Crippen LogP contribution >= 0.6 is 0 Å². The van der Waals surface area contributed by atoms with E-state index in [4.69, 9.17) is 10.5 Å². The zero-order chi connectivity index (χ0) is 29.0. The van der Waals surface area contributed by atoms with Gasteiger partial charge in [0.05, 0.1) is 17.6 Å². The molecule has 3 aromatic rings. The Bertz CT molecular complexity index is 1440. The molecular weight excluding hydrogens is 508 g/mol. The van der Waals surface area contributed by atoms with Crippen molar-refractivity contribution in [1.29, 1.82) is 0 Å². The lowest BCUT2D eigenvalue weighted by atomic mass is 9.90. The number of amides is 2. The number of aryl methyl sites for hydroxylation is 3. The Morgan fingerprint density at radius 2 is 1.80 bits per heavy atom. The van der Waals surface area contributed by atoms with Crippen molar-refractivity contribution in [3.8, 4) is 11.3 Å². The summed E-state index contributed by atoms with van der Waals surface area (Å²) in [6, 6.07) is 6.01. The van der Waals surface area contributed by atoms with Crippen molar-refractivity contribution in [2.24, 2.45) is 5.73 Å². The van der Waals surface area contributed by atoms with Crippen molar-refractivity contribution < 1.29 is 14.3 Å². The number of carbonyl (C=O) groups excluding carboxylic acids is 2. The number of nitrogens with two attached hydrogens (primary N) is 1. The third kappa shape index (κ3) is 6.50. The number of H-pyrrole nitrogens is 1. The van der Waals surface area contributed by atoms with E-state index in [2.05, 4.69) is 38.2 Å². The zero-order valence-corrected chi connectivity index (χ0v) is 23.8. The summed E-state index contributed by atoms with van der Waals surface area (Å²) in [7, 11) is 0. The molecule has 1 aliphatic rings. The molecule has 10 nitrogen and oxygen atoms in total. The molecule has 212 valence electrons. The number of carbonyl (C=O) groups is 2. The zero-order valence-electron chi connectivity index (χ0n) is 23.8. The molecule has 2 heterocycles. The SMILES string of the molecule is CCN(c1cc(-c2cnc(C)cn2)cc(C(=O)NCc2c(C)cc(C)[nH]c2=O)c1C)C1CCC(OC(N)=O)CC1. The van der Waals surface area contributed by atoms with Crippen LogP contribution in [0, 0.1) is 27.7 Å². The number of aromatic nitrogens is 3. The van der Waals surface area contributed by atoms with Crippen molar-refractivity contribution in [1.82, 2.24) is 20.3 Å². The summed E-state index contributed by atoms with van der Waals surface area (Å²) < 4.78 is 5.23. The monoisotopic (exact) mass is 546 g/mol. The number of primary amides is 1. The Kier molecular flexibility index (Phi) is 8.86. The summed E-state index contributed by atoms with van der Waals surface area (Å²) in [6.45, 7) is 10.5. The summed E-state index contributed by atoms with van der Waals surface area (Å²) >= 11 is 0. The van der Waals surface area contributed by atoms with Gasteiger partial charge in [-0.1, -0.05) is 0 Å². The Hall–Kier alpha value is -4.21. The highest BCUT2D eigenvalue weighted by Gasteiger charge is 2.29. The van der Waals surface area contributed by atoms with E-state index in [0.29, 0.717) is 16.8 Å². The first-order valence-corrected chi connectivity index (χ1v) is 13.7. The third-order valence-electron chi connectivity index (χ3n) is 7.64. The van der Waals surface area contributed by atoms with Crippen LogP contribution in [0.4, 0.5) is 10.5 Å². The fourth-order valence-corrected chi connectivity index (χ4v) is 5.55. The second-order valence-corrected chi connectivity index (χ2v) is 10.5. The van der Waals surface area contributed by atoms with Crippen molar-refractivity contribution in [3.63, 3.8) is 0 Å². The molecule has 0 radical (unpaired) electrons. The van der Waals surface area contributed by atoms with Crippen LogP contribution in [-0.2, 0) is 11.3 Å². The smallest absolute Gasteiger partial charge is 0.404 e. The van der Waals surface area contributed by atoms with E-state index < -0.39 is 6.09 Å². The molecule has 1 aliphatic carbocycles. The largest absolute Gasteiger partial charge is 0.446 e. The highest BCUT2D eigenvalue weighted by molar-refractivity contribution is 5.98.